The molecule has 2 aliphatic rings. The first-order chi connectivity index (χ1) is 17.5. The van der Waals surface area contributed by atoms with Crippen molar-refractivity contribution in [3.05, 3.63) is 34.5 Å². The third kappa shape index (κ3) is 9.31. The van der Waals surface area contributed by atoms with Gasteiger partial charge in [0, 0.05) is 56.0 Å². The van der Waals surface area contributed by atoms with Crippen molar-refractivity contribution in [1.82, 2.24) is 19.8 Å². The maximum Gasteiger partial charge on any atom is 0.490 e. The Morgan fingerprint density at radius 1 is 1.08 bits per heavy atom. The van der Waals surface area contributed by atoms with Crippen LogP contribution in [0.2, 0.25) is 0 Å². The van der Waals surface area contributed by atoms with Crippen molar-refractivity contribution in [2.75, 3.05) is 19.8 Å². The van der Waals surface area contributed by atoms with Gasteiger partial charge in [-0.2, -0.15) is 31.4 Å². The van der Waals surface area contributed by atoms with Gasteiger partial charge in [0.25, 0.3) is 0 Å². The van der Waals surface area contributed by atoms with Gasteiger partial charge in [0.05, 0.1) is 18.5 Å². The minimum absolute atomic E-state index is 0.375. The van der Waals surface area contributed by atoms with Gasteiger partial charge in [-0.05, 0) is 32.6 Å². The van der Waals surface area contributed by atoms with Gasteiger partial charge >= 0.3 is 24.3 Å². The first-order valence-electron chi connectivity index (χ1n) is 11.3. The second-order valence-corrected chi connectivity index (χ2v) is 8.93. The minimum atomic E-state index is -5.08. The first kappa shape index (κ1) is 31.1. The molecule has 0 amide bonds. The Balaban J connectivity index is 0.000000301. The molecule has 1 saturated carbocycles. The van der Waals surface area contributed by atoms with E-state index >= 15 is 0 Å². The Kier molecular flexibility index (Phi) is 10.3. The van der Waals surface area contributed by atoms with Crippen molar-refractivity contribution in [3.8, 4) is 0 Å². The molecular weight excluding hydrogens is 530 g/mol. The lowest BCUT2D eigenvalue weighted by molar-refractivity contribution is -0.193. The summed E-state index contributed by atoms with van der Waals surface area (Å²) in [4.78, 5) is 20.3. The molecule has 0 spiro atoms. The molecule has 1 aliphatic carbocycles. The molecule has 0 aromatic carbocycles. The molecule has 4 rings (SSSR count). The van der Waals surface area contributed by atoms with Crippen LogP contribution in [0.3, 0.4) is 0 Å². The predicted octanol–water partition coefficient (Wildman–Crippen LogP) is 3.82. The van der Waals surface area contributed by atoms with Gasteiger partial charge in [-0.3, -0.25) is 9.58 Å². The van der Waals surface area contributed by atoms with Gasteiger partial charge in [0.1, 0.15) is 5.76 Å². The van der Waals surface area contributed by atoms with Crippen LogP contribution in [0, 0.1) is 19.8 Å². The van der Waals surface area contributed by atoms with E-state index in [0.29, 0.717) is 5.92 Å². The van der Waals surface area contributed by atoms with Crippen LogP contribution in [-0.4, -0.2) is 74.1 Å². The van der Waals surface area contributed by atoms with Crippen molar-refractivity contribution in [3.63, 3.8) is 0 Å². The number of aromatic nitrogens is 3. The fraction of sp³-hybridized carbons (Fsp3) is 0.636. The molecule has 16 heteroatoms. The highest BCUT2D eigenvalue weighted by Crippen LogP contribution is 2.32. The number of nitrogens with zero attached hydrogens (tertiary/aromatic N) is 4. The number of halogens is 6. The normalized spacial score (nSPS) is 17.6. The number of hydrogen-bond acceptors (Lipinski definition) is 7. The van der Waals surface area contributed by atoms with E-state index in [1.165, 1.54) is 29.7 Å². The second kappa shape index (κ2) is 12.6. The summed E-state index contributed by atoms with van der Waals surface area (Å²) in [5, 5.41) is 22.8. The number of carbonyl (C=O) groups is 2. The van der Waals surface area contributed by atoms with Gasteiger partial charge in [0.2, 0.25) is 0 Å². The molecular formula is C22H28F6N4O6. The number of alkyl halides is 6. The number of carboxylic acids is 2. The number of hydrogen-bond donors (Lipinski definition) is 2. The molecule has 1 atom stereocenters. The van der Waals surface area contributed by atoms with Gasteiger partial charge in [-0.15, -0.1) is 0 Å². The van der Waals surface area contributed by atoms with E-state index in [1.807, 2.05) is 31.8 Å². The first-order valence-corrected chi connectivity index (χ1v) is 11.3. The van der Waals surface area contributed by atoms with E-state index in [4.69, 9.17) is 29.1 Å². The molecule has 3 heterocycles. The number of aliphatic carboxylic acids is 2. The number of aryl methyl sites for hydroxylation is 3. The minimum Gasteiger partial charge on any atom is -0.475 e. The molecule has 2 aromatic heterocycles. The summed E-state index contributed by atoms with van der Waals surface area (Å²) in [7, 11) is 2.04. The zero-order valence-corrected chi connectivity index (χ0v) is 20.8. The monoisotopic (exact) mass is 558 g/mol. The smallest absolute Gasteiger partial charge is 0.475 e. The molecule has 2 N–H and O–H groups in total. The largest absolute Gasteiger partial charge is 0.490 e. The third-order valence-corrected chi connectivity index (χ3v) is 5.74. The lowest BCUT2D eigenvalue weighted by Gasteiger charge is -2.33. The summed E-state index contributed by atoms with van der Waals surface area (Å²) >= 11 is 0. The summed E-state index contributed by atoms with van der Waals surface area (Å²) in [5.74, 6) is -3.41. The number of rotatable bonds is 6. The Morgan fingerprint density at radius 3 is 2.08 bits per heavy atom. The fourth-order valence-corrected chi connectivity index (χ4v) is 3.71. The Hall–Kier alpha value is -3.14. The molecule has 10 nitrogen and oxygen atoms in total. The maximum atomic E-state index is 10.6. The maximum absolute atomic E-state index is 10.6. The molecule has 0 radical (unpaired) electrons. The SMILES string of the molecule is Cc1noc(C)c1CN1Cc2cnn(C)c2C(COCC2CC2)C1.O=C(O)C(F)(F)F.O=C(O)C(F)(F)F. The Labute approximate surface area is 213 Å². The number of ether oxygens (including phenoxy) is 1. The summed E-state index contributed by atoms with van der Waals surface area (Å²) < 4.78 is 76.8. The van der Waals surface area contributed by atoms with E-state index in [2.05, 4.69) is 15.2 Å². The summed E-state index contributed by atoms with van der Waals surface area (Å²) in [6.45, 7) is 8.48. The second-order valence-electron chi connectivity index (χ2n) is 8.93. The molecule has 1 aliphatic heterocycles. The zero-order chi connectivity index (χ0) is 28.8. The third-order valence-electron chi connectivity index (χ3n) is 5.74. The van der Waals surface area contributed by atoms with Crippen LogP contribution in [0.4, 0.5) is 26.3 Å². The Bertz CT molecular complexity index is 1050. The van der Waals surface area contributed by atoms with Crippen LogP contribution in [0.5, 0.6) is 0 Å². The van der Waals surface area contributed by atoms with Gasteiger partial charge < -0.3 is 19.5 Å². The highest BCUT2D eigenvalue weighted by atomic mass is 19.4. The van der Waals surface area contributed by atoms with Crippen LogP contribution >= 0.6 is 0 Å². The Morgan fingerprint density at radius 2 is 1.63 bits per heavy atom. The predicted molar refractivity (Wildman–Crippen MR) is 117 cm³/mol. The summed E-state index contributed by atoms with van der Waals surface area (Å²) in [5.41, 5.74) is 4.85. The highest BCUT2D eigenvalue weighted by Gasteiger charge is 2.39. The van der Waals surface area contributed by atoms with Gasteiger partial charge in [-0.1, -0.05) is 5.16 Å². The molecule has 1 unspecified atom stereocenters. The summed E-state index contributed by atoms with van der Waals surface area (Å²) in [6.07, 6.45) is -5.50. The van der Waals surface area contributed by atoms with Crippen molar-refractivity contribution >= 4 is 11.9 Å². The van der Waals surface area contributed by atoms with Crippen LogP contribution < -0.4 is 0 Å². The molecule has 0 bridgehead atoms. The van der Waals surface area contributed by atoms with E-state index < -0.39 is 24.3 Å². The van der Waals surface area contributed by atoms with Crippen molar-refractivity contribution in [2.24, 2.45) is 13.0 Å². The van der Waals surface area contributed by atoms with Gasteiger partial charge in [0.15, 0.2) is 0 Å². The number of fused-ring (bicyclic) bond motifs is 1. The van der Waals surface area contributed by atoms with E-state index in [1.54, 1.807) is 0 Å². The highest BCUT2D eigenvalue weighted by molar-refractivity contribution is 5.73. The van der Waals surface area contributed by atoms with Crippen molar-refractivity contribution in [1.29, 1.82) is 0 Å². The average molecular weight is 558 g/mol. The molecule has 0 saturated heterocycles. The topological polar surface area (TPSA) is 131 Å². The fourth-order valence-electron chi connectivity index (χ4n) is 3.71. The van der Waals surface area contributed by atoms with Crippen LogP contribution in [0.25, 0.3) is 0 Å². The molecule has 38 heavy (non-hydrogen) atoms. The van der Waals surface area contributed by atoms with E-state index in [9.17, 15) is 26.3 Å². The zero-order valence-electron chi connectivity index (χ0n) is 20.8. The average Bonchev–Trinajstić information content (AvgIpc) is 3.48. The van der Waals surface area contributed by atoms with Gasteiger partial charge in [-0.25, -0.2) is 9.59 Å². The molecule has 214 valence electrons. The molecule has 2 aromatic rings. The van der Waals surface area contributed by atoms with Crippen molar-refractivity contribution in [2.45, 2.75) is 58.0 Å². The standard InChI is InChI=1S/C18H26N4O2.2C2HF3O2/c1-12-17(13(2)24-20-12)9-22-7-15-6-19-21(3)18(15)16(8-22)11-23-10-14-4-5-14;2*3-2(4,5)1(6)7/h6,14,16H,4-5,7-11H2,1-3H3;2*(H,6,7). The van der Waals surface area contributed by atoms with E-state index in [-0.39, 0.29) is 0 Å². The quantitative estimate of drug-likeness (QED) is 0.508. The lowest BCUT2D eigenvalue weighted by Crippen LogP contribution is -2.36. The number of carboxylic acid groups (broad SMARTS) is 2. The van der Waals surface area contributed by atoms with Crippen molar-refractivity contribution < 1.29 is 55.4 Å². The lowest BCUT2D eigenvalue weighted by atomic mass is 9.96. The van der Waals surface area contributed by atoms with E-state index in [0.717, 1.165) is 50.2 Å². The van der Waals surface area contributed by atoms with Crippen LogP contribution in [-0.2, 0) is 34.5 Å². The summed E-state index contributed by atoms with van der Waals surface area (Å²) in [6, 6.07) is 0. The van der Waals surface area contributed by atoms with Crippen LogP contribution in [0.15, 0.2) is 10.7 Å². The van der Waals surface area contributed by atoms with Crippen LogP contribution in [0.1, 0.15) is 47.0 Å². The molecule has 1 fully saturated rings.